The summed E-state index contributed by atoms with van der Waals surface area (Å²) < 4.78 is 30.3. The van der Waals surface area contributed by atoms with Crippen LogP contribution in [0, 0.1) is 5.92 Å². The summed E-state index contributed by atoms with van der Waals surface area (Å²) in [5.41, 5.74) is 0. The number of ether oxygens (including phenoxy) is 1. The van der Waals surface area contributed by atoms with Gasteiger partial charge in [-0.3, -0.25) is 0 Å². The zero-order chi connectivity index (χ0) is 15.2. The molecule has 0 saturated carbocycles. The Hall–Kier alpha value is -1.07. The number of hydrogen-bond donors (Lipinski definition) is 1. The zero-order valence-corrected chi connectivity index (χ0v) is 13.5. The van der Waals surface area contributed by atoms with Crippen LogP contribution >= 0.6 is 0 Å². The first-order valence-electron chi connectivity index (χ1n) is 7.01. The normalized spacial score (nSPS) is 13.4. The summed E-state index contributed by atoms with van der Waals surface area (Å²) in [5.74, 6) is 0.752. The summed E-state index contributed by atoms with van der Waals surface area (Å²) >= 11 is 0. The van der Waals surface area contributed by atoms with Gasteiger partial charge in [0.05, 0.1) is 12.9 Å². The third-order valence-electron chi connectivity index (χ3n) is 3.26. The molecule has 0 radical (unpaired) electrons. The highest BCUT2D eigenvalue weighted by molar-refractivity contribution is 7.91. The number of sulfone groups is 1. The largest absolute Gasteiger partial charge is 0.495 e. The number of hydrogen-bond acceptors (Lipinski definition) is 4. The van der Waals surface area contributed by atoms with Crippen LogP contribution in [-0.2, 0) is 9.84 Å². The van der Waals surface area contributed by atoms with Crippen LogP contribution in [0.4, 0.5) is 0 Å². The lowest BCUT2D eigenvalue weighted by Gasteiger charge is -2.22. The number of methoxy groups -OCH3 is 1. The van der Waals surface area contributed by atoms with Gasteiger partial charge in [-0.1, -0.05) is 32.9 Å². The van der Waals surface area contributed by atoms with E-state index >= 15 is 0 Å². The molecule has 0 bridgehead atoms. The van der Waals surface area contributed by atoms with Gasteiger partial charge in [-0.15, -0.1) is 0 Å². The Balaban J connectivity index is 2.97. The molecule has 1 aromatic carbocycles. The SMILES string of the molecule is CCCNC(CS(=O)(=O)c1ccccc1OC)C(C)C. The van der Waals surface area contributed by atoms with Crippen LogP contribution in [0.25, 0.3) is 0 Å². The van der Waals surface area contributed by atoms with Gasteiger partial charge in [0.15, 0.2) is 9.84 Å². The van der Waals surface area contributed by atoms with Crippen molar-refractivity contribution in [2.24, 2.45) is 5.92 Å². The minimum atomic E-state index is -3.37. The van der Waals surface area contributed by atoms with Crippen molar-refractivity contribution in [3.05, 3.63) is 24.3 Å². The molecule has 0 fully saturated rings. The maximum absolute atomic E-state index is 12.6. The van der Waals surface area contributed by atoms with E-state index in [2.05, 4.69) is 12.2 Å². The predicted octanol–water partition coefficient (Wildman–Crippen LogP) is 2.49. The summed E-state index contributed by atoms with van der Waals surface area (Å²) in [6, 6.07) is 6.72. The Kier molecular flexibility index (Phi) is 6.49. The smallest absolute Gasteiger partial charge is 0.183 e. The third kappa shape index (κ3) is 4.49. The average molecular weight is 299 g/mol. The molecule has 0 aromatic heterocycles. The van der Waals surface area contributed by atoms with Gasteiger partial charge in [-0.05, 0) is 31.0 Å². The second-order valence-corrected chi connectivity index (χ2v) is 7.24. The van der Waals surface area contributed by atoms with Crippen LogP contribution < -0.4 is 10.1 Å². The van der Waals surface area contributed by atoms with Crippen molar-refractivity contribution >= 4 is 9.84 Å². The van der Waals surface area contributed by atoms with Gasteiger partial charge < -0.3 is 10.1 Å². The zero-order valence-electron chi connectivity index (χ0n) is 12.7. The van der Waals surface area contributed by atoms with Gasteiger partial charge >= 0.3 is 0 Å². The molecule has 0 heterocycles. The molecule has 1 N–H and O–H groups in total. The van der Waals surface area contributed by atoms with Crippen LogP contribution in [-0.4, -0.2) is 33.9 Å². The summed E-state index contributed by atoms with van der Waals surface area (Å²) in [4.78, 5) is 0.270. The summed E-state index contributed by atoms with van der Waals surface area (Å²) in [6.45, 7) is 6.96. The van der Waals surface area contributed by atoms with Crippen molar-refractivity contribution in [3.8, 4) is 5.75 Å². The van der Waals surface area contributed by atoms with Crippen molar-refractivity contribution in [1.29, 1.82) is 0 Å². The predicted molar refractivity (Wildman–Crippen MR) is 82.0 cm³/mol. The number of nitrogens with one attached hydrogen (secondary N) is 1. The molecule has 114 valence electrons. The van der Waals surface area contributed by atoms with Crippen LogP contribution in [0.3, 0.4) is 0 Å². The van der Waals surface area contributed by atoms with Gasteiger partial charge in [0.1, 0.15) is 10.6 Å². The monoisotopic (exact) mass is 299 g/mol. The highest BCUT2D eigenvalue weighted by atomic mass is 32.2. The Labute approximate surface area is 122 Å². The fourth-order valence-electron chi connectivity index (χ4n) is 2.02. The maximum atomic E-state index is 12.6. The van der Waals surface area contributed by atoms with E-state index in [0.717, 1.165) is 13.0 Å². The van der Waals surface area contributed by atoms with E-state index in [1.807, 2.05) is 13.8 Å². The topological polar surface area (TPSA) is 55.4 Å². The average Bonchev–Trinajstić information content (AvgIpc) is 2.43. The third-order valence-corrected chi connectivity index (χ3v) is 5.07. The quantitative estimate of drug-likeness (QED) is 0.801. The van der Waals surface area contributed by atoms with E-state index in [0.29, 0.717) is 5.75 Å². The van der Waals surface area contributed by atoms with Crippen LogP contribution in [0.15, 0.2) is 29.2 Å². The lowest BCUT2D eigenvalue weighted by Crippen LogP contribution is -2.40. The molecule has 1 unspecified atom stereocenters. The second kappa shape index (κ2) is 7.64. The van der Waals surface area contributed by atoms with Crippen molar-refractivity contribution in [2.45, 2.75) is 38.1 Å². The van der Waals surface area contributed by atoms with Crippen LogP contribution in [0.5, 0.6) is 5.75 Å². The van der Waals surface area contributed by atoms with E-state index in [4.69, 9.17) is 4.74 Å². The second-order valence-electron chi connectivity index (χ2n) is 5.24. The molecule has 5 heteroatoms. The summed E-state index contributed by atoms with van der Waals surface area (Å²) in [6.07, 6.45) is 0.984. The number of rotatable bonds is 8. The van der Waals surface area contributed by atoms with E-state index in [1.54, 1.807) is 24.3 Å². The standard InChI is InChI=1S/C15H25NO3S/c1-5-10-16-13(12(2)3)11-20(17,18)15-9-7-6-8-14(15)19-4/h6-9,12-13,16H,5,10-11H2,1-4H3. The maximum Gasteiger partial charge on any atom is 0.183 e. The Morgan fingerprint density at radius 2 is 1.90 bits per heavy atom. The van der Waals surface area contributed by atoms with E-state index in [-0.39, 0.29) is 22.6 Å². The molecular formula is C15H25NO3S. The Morgan fingerprint density at radius 1 is 1.25 bits per heavy atom. The summed E-state index contributed by atoms with van der Waals surface area (Å²) in [5, 5.41) is 3.31. The van der Waals surface area contributed by atoms with Crippen molar-refractivity contribution in [1.82, 2.24) is 5.32 Å². The van der Waals surface area contributed by atoms with E-state index in [9.17, 15) is 8.42 Å². The minimum absolute atomic E-state index is 0.0511. The molecule has 1 aromatic rings. The highest BCUT2D eigenvalue weighted by Gasteiger charge is 2.25. The molecule has 1 rings (SSSR count). The molecule has 0 aliphatic carbocycles. The number of benzene rings is 1. The van der Waals surface area contributed by atoms with Crippen molar-refractivity contribution < 1.29 is 13.2 Å². The van der Waals surface area contributed by atoms with Crippen molar-refractivity contribution in [3.63, 3.8) is 0 Å². The van der Waals surface area contributed by atoms with Crippen molar-refractivity contribution in [2.75, 3.05) is 19.4 Å². The first kappa shape index (κ1) is 17.0. The van der Waals surface area contributed by atoms with Gasteiger partial charge in [0.25, 0.3) is 0 Å². The van der Waals surface area contributed by atoms with Crippen LogP contribution in [0.2, 0.25) is 0 Å². The first-order chi connectivity index (χ1) is 9.42. The molecule has 0 amide bonds. The van der Waals surface area contributed by atoms with Gasteiger partial charge in [0.2, 0.25) is 0 Å². The fourth-order valence-corrected chi connectivity index (χ4v) is 3.92. The Bertz CT molecular complexity index is 512. The van der Waals surface area contributed by atoms with Gasteiger partial charge in [-0.25, -0.2) is 8.42 Å². The molecule has 1 atom stereocenters. The molecular weight excluding hydrogens is 274 g/mol. The van der Waals surface area contributed by atoms with E-state index < -0.39 is 9.84 Å². The molecule has 0 saturated heterocycles. The van der Waals surface area contributed by atoms with Gasteiger partial charge in [-0.2, -0.15) is 0 Å². The number of para-hydroxylation sites is 1. The Morgan fingerprint density at radius 3 is 2.45 bits per heavy atom. The lowest BCUT2D eigenvalue weighted by molar-refractivity contribution is 0.400. The molecule has 4 nitrogen and oxygen atoms in total. The first-order valence-corrected chi connectivity index (χ1v) is 8.66. The fraction of sp³-hybridized carbons (Fsp3) is 0.600. The highest BCUT2D eigenvalue weighted by Crippen LogP contribution is 2.25. The van der Waals surface area contributed by atoms with Gasteiger partial charge in [0, 0.05) is 6.04 Å². The summed E-state index contributed by atoms with van der Waals surface area (Å²) in [7, 11) is -1.88. The lowest BCUT2D eigenvalue weighted by atomic mass is 10.1. The minimum Gasteiger partial charge on any atom is -0.495 e. The van der Waals surface area contributed by atoms with E-state index in [1.165, 1.54) is 7.11 Å². The molecule has 0 aliphatic heterocycles. The van der Waals surface area contributed by atoms with Crippen LogP contribution in [0.1, 0.15) is 27.2 Å². The molecule has 0 spiro atoms. The molecule has 20 heavy (non-hydrogen) atoms. The molecule has 0 aliphatic rings.